The third kappa shape index (κ3) is 10.6. The Hall–Kier alpha value is -4.95. The third-order valence-electron chi connectivity index (χ3n) is 7.34. The van der Waals surface area contributed by atoms with Gasteiger partial charge in [-0.25, -0.2) is 4.79 Å². The van der Waals surface area contributed by atoms with Crippen LogP contribution in [0.1, 0.15) is 43.2 Å². The van der Waals surface area contributed by atoms with Crippen LogP contribution in [-0.2, 0) is 36.8 Å². The van der Waals surface area contributed by atoms with Crippen molar-refractivity contribution < 1.29 is 34.2 Å². The zero-order valence-electron chi connectivity index (χ0n) is 24.8. The molecule has 14 nitrogen and oxygen atoms in total. The average molecular weight is 624 g/mol. The smallest absolute Gasteiger partial charge is 0.326 e. The molecule has 3 rings (SSSR count). The quantitative estimate of drug-likeness (QED) is 0.0857. The van der Waals surface area contributed by atoms with E-state index in [-0.39, 0.29) is 37.9 Å². The van der Waals surface area contributed by atoms with Gasteiger partial charge in [-0.05, 0) is 61.6 Å². The number of carbonyl (C=O) groups excluding carboxylic acids is 4. The van der Waals surface area contributed by atoms with Crippen molar-refractivity contribution in [1.29, 1.82) is 0 Å². The van der Waals surface area contributed by atoms with Crippen LogP contribution in [0.4, 0.5) is 0 Å². The minimum atomic E-state index is -1.23. The van der Waals surface area contributed by atoms with E-state index in [4.69, 9.17) is 17.2 Å². The Bertz CT molecular complexity index is 1470. The summed E-state index contributed by atoms with van der Waals surface area (Å²) in [5.74, 6) is -4.01. The summed E-state index contributed by atoms with van der Waals surface area (Å²) in [5, 5.41) is 28.1. The standard InChI is InChI=1S/C31H41N7O7/c32-14-4-3-7-24(31(44)45)36-30(43)26(16-19-17-35-23-6-2-1-5-21(19)23)38-29(42)25(15-18-8-10-20(39)11-9-18)37-28(41)22(33)12-13-27(34)40/h1-2,5-6,8-11,17,22,24-26,35,39H,3-4,7,12-16,32-33H2,(H2,34,40)(H,36,43)(H,37,41)(H,38,42)(H,44,45). The van der Waals surface area contributed by atoms with E-state index in [9.17, 15) is 34.2 Å². The second-order valence-electron chi connectivity index (χ2n) is 10.9. The molecule has 0 radical (unpaired) electrons. The number of carbonyl (C=O) groups is 5. The summed E-state index contributed by atoms with van der Waals surface area (Å²) < 4.78 is 0. The zero-order valence-corrected chi connectivity index (χ0v) is 24.8. The summed E-state index contributed by atoms with van der Waals surface area (Å²) in [5.41, 5.74) is 18.7. The Kier molecular flexibility index (Phi) is 12.9. The number of aliphatic carboxylic acids is 1. The normalized spacial score (nSPS) is 13.7. The maximum Gasteiger partial charge on any atom is 0.326 e. The van der Waals surface area contributed by atoms with Gasteiger partial charge < -0.3 is 48.3 Å². The van der Waals surface area contributed by atoms with Gasteiger partial charge in [-0.2, -0.15) is 0 Å². The molecule has 0 aliphatic rings. The van der Waals surface area contributed by atoms with Crippen molar-refractivity contribution in [3.05, 3.63) is 65.9 Å². The molecule has 242 valence electrons. The summed E-state index contributed by atoms with van der Waals surface area (Å²) in [7, 11) is 0. The van der Waals surface area contributed by atoms with E-state index in [1.165, 1.54) is 12.1 Å². The second-order valence-corrected chi connectivity index (χ2v) is 10.9. The van der Waals surface area contributed by atoms with Crippen LogP contribution >= 0.6 is 0 Å². The number of hydrogen-bond acceptors (Lipinski definition) is 8. The Morgan fingerprint density at radius 3 is 2.07 bits per heavy atom. The number of aromatic nitrogens is 1. The van der Waals surface area contributed by atoms with Crippen LogP contribution in [0, 0.1) is 0 Å². The highest BCUT2D eigenvalue weighted by Crippen LogP contribution is 2.20. The number of rotatable bonds is 18. The first-order valence-electron chi connectivity index (χ1n) is 14.7. The van der Waals surface area contributed by atoms with Crippen LogP contribution in [0.25, 0.3) is 10.9 Å². The summed E-state index contributed by atoms with van der Waals surface area (Å²) >= 11 is 0. The van der Waals surface area contributed by atoms with E-state index in [1.807, 2.05) is 24.3 Å². The number of phenolic OH excluding ortho intramolecular Hbond substituents is 1. The number of amides is 4. The Labute approximate surface area is 260 Å². The Balaban J connectivity index is 1.88. The van der Waals surface area contributed by atoms with Crippen molar-refractivity contribution in [2.75, 3.05) is 6.54 Å². The predicted octanol–water partition coefficient (Wildman–Crippen LogP) is -0.0805. The molecule has 2 aromatic carbocycles. The Morgan fingerprint density at radius 1 is 0.800 bits per heavy atom. The van der Waals surface area contributed by atoms with Crippen molar-refractivity contribution in [3.63, 3.8) is 0 Å². The lowest BCUT2D eigenvalue weighted by Gasteiger charge is -2.25. The summed E-state index contributed by atoms with van der Waals surface area (Å²) in [6, 6.07) is 8.59. The molecule has 0 aliphatic carbocycles. The van der Waals surface area contributed by atoms with Gasteiger partial charge in [0, 0.05) is 36.4 Å². The molecule has 0 fully saturated rings. The molecule has 12 N–H and O–H groups in total. The molecule has 45 heavy (non-hydrogen) atoms. The number of unbranched alkanes of at least 4 members (excludes halogenated alkanes) is 1. The molecule has 0 bridgehead atoms. The van der Waals surface area contributed by atoms with E-state index in [2.05, 4.69) is 20.9 Å². The largest absolute Gasteiger partial charge is 0.508 e. The highest BCUT2D eigenvalue weighted by Gasteiger charge is 2.31. The first-order chi connectivity index (χ1) is 21.5. The van der Waals surface area contributed by atoms with E-state index in [1.54, 1.807) is 18.3 Å². The number of hydrogen-bond donors (Lipinski definition) is 9. The first-order valence-corrected chi connectivity index (χ1v) is 14.7. The summed E-state index contributed by atoms with van der Waals surface area (Å²) in [4.78, 5) is 66.5. The van der Waals surface area contributed by atoms with Crippen molar-refractivity contribution in [3.8, 4) is 5.75 Å². The maximum atomic E-state index is 13.8. The average Bonchev–Trinajstić information content (AvgIpc) is 3.42. The van der Waals surface area contributed by atoms with Gasteiger partial charge in [0.15, 0.2) is 0 Å². The number of para-hydroxylation sites is 1. The SMILES string of the molecule is NCCCCC(NC(=O)C(Cc1c[nH]c2ccccc12)NC(=O)C(Cc1ccc(O)cc1)NC(=O)C(N)CCC(N)=O)C(=O)O. The number of carboxylic acids is 1. The number of nitrogens with two attached hydrogens (primary N) is 3. The minimum Gasteiger partial charge on any atom is -0.508 e. The Morgan fingerprint density at radius 2 is 1.42 bits per heavy atom. The molecule has 1 aromatic heterocycles. The van der Waals surface area contributed by atoms with Gasteiger partial charge in [-0.15, -0.1) is 0 Å². The fourth-order valence-electron chi connectivity index (χ4n) is 4.81. The molecule has 4 atom stereocenters. The van der Waals surface area contributed by atoms with E-state index < -0.39 is 53.8 Å². The fourth-order valence-corrected chi connectivity index (χ4v) is 4.81. The molecular weight excluding hydrogens is 582 g/mol. The van der Waals surface area contributed by atoms with Crippen LogP contribution in [0.3, 0.4) is 0 Å². The number of primary amides is 1. The molecule has 0 aliphatic heterocycles. The number of H-pyrrole nitrogens is 1. The molecule has 0 spiro atoms. The monoisotopic (exact) mass is 623 g/mol. The van der Waals surface area contributed by atoms with Crippen LogP contribution < -0.4 is 33.2 Å². The minimum absolute atomic E-state index is 0.00664. The van der Waals surface area contributed by atoms with E-state index >= 15 is 0 Å². The highest BCUT2D eigenvalue weighted by molar-refractivity contribution is 5.95. The maximum absolute atomic E-state index is 13.8. The molecule has 4 amide bonds. The number of carboxylic acid groups (broad SMARTS) is 1. The van der Waals surface area contributed by atoms with Crippen molar-refractivity contribution in [1.82, 2.24) is 20.9 Å². The lowest BCUT2D eigenvalue weighted by Crippen LogP contribution is -2.58. The zero-order chi connectivity index (χ0) is 32.9. The summed E-state index contributed by atoms with van der Waals surface area (Å²) in [6.07, 6.45) is 2.72. The molecule has 0 saturated heterocycles. The van der Waals surface area contributed by atoms with Gasteiger partial charge in [0.25, 0.3) is 0 Å². The lowest BCUT2D eigenvalue weighted by molar-refractivity contribution is -0.142. The number of phenols is 1. The molecular formula is C31H41N7O7. The fraction of sp³-hybridized carbons (Fsp3) is 0.387. The van der Waals surface area contributed by atoms with Crippen molar-refractivity contribution in [2.24, 2.45) is 17.2 Å². The van der Waals surface area contributed by atoms with E-state index in [0.29, 0.717) is 30.5 Å². The van der Waals surface area contributed by atoms with E-state index in [0.717, 1.165) is 10.9 Å². The van der Waals surface area contributed by atoms with Gasteiger partial charge in [-0.3, -0.25) is 19.2 Å². The number of fused-ring (bicyclic) bond motifs is 1. The van der Waals surface area contributed by atoms with Gasteiger partial charge in [-0.1, -0.05) is 30.3 Å². The van der Waals surface area contributed by atoms with Crippen LogP contribution in [0.15, 0.2) is 54.7 Å². The molecule has 4 unspecified atom stereocenters. The lowest BCUT2D eigenvalue weighted by atomic mass is 10.0. The van der Waals surface area contributed by atoms with Gasteiger partial charge in [0.05, 0.1) is 6.04 Å². The van der Waals surface area contributed by atoms with Gasteiger partial charge in [0.1, 0.15) is 23.9 Å². The van der Waals surface area contributed by atoms with Gasteiger partial charge in [0.2, 0.25) is 23.6 Å². The predicted molar refractivity (Wildman–Crippen MR) is 167 cm³/mol. The first kappa shape index (κ1) is 34.5. The molecule has 3 aromatic rings. The number of aromatic amines is 1. The molecule has 14 heteroatoms. The van der Waals surface area contributed by atoms with Gasteiger partial charge >= 0.3 is 5.97 Å². The van der Waals surface area contributed by atoms with Crippen LogP contribution in [0.5, 0.6) is 5.75 Å². The topological polar surface area (TPSA) is 256 Å². The number of benzene rings is 2. The number of aromatic hydroxyl groups is 1. The molecule has 1 heterocycles. The second kappa shape index (κ2) is 16.8. The highest BCUT2D eigenvalue weighted by atomic mass is 16.4. The van der Waals surface area contributed by atoms with Crippen LogP contribution in [0.2, 0.25) is 0 Å². The number of nitrogens with one attached hydrogen (secondary N) is 4. The third-order valence-corrected chi connectivity index (χ3v) is 7.34. The molecule has 0 saturated carbocycles. The van der Waals surface area contributed by atoms with Crippen molar-refractivity contribution in [2.45, 2.75) is 69.1 Å². The summed E-state index contributed by atoms with van der Waals surface area (Å²) in [6.45, 7) is 0.375. The van der Waals surface area contributed by atoms with Crippen molar-refractivity contribution >= 4 is 40.5 Å². The van der Waals surface area contributed by atoms with Crippen LogP contribution in [-0.4, -0.2) is 75.5 Å².